The highest BCUT2D eigenvalue weighted by molar-refractivity contribution is 5.75. The van der Waals surface area contributed by atoms with Crippen LogP contribution >= 0.6 is 0 Å². The minimum absolute atomic E-state index is 0.0437. The van der Waals surface area contributed by atoms with Crippen molar-refractivity contribution < 1.29 is 9.53 Å². The van der Waals surface area contributed by atoms with E-state index in [1.807, 2.05) is 22.9 Å². The molecule has 8 nitrogen and oxygen atoms in total. The number of benzene rings is 1. The fourth-order valence-corrected chi connectivity index (χ4v) is 4.16. The highest BCUT2D eigenvalue weighted by Crippen LogP contribution is 2.26. The van der Waals surface area contributed by atoms with E-state index in [1.54, 1.807) is 0 Å². The maximum Gasteiger partial charge on any atom is 0.220 e. The Balaban J connectivity index is 1.16. The molecule has 1 fully saturated rings. The Labute approximate surface area is 178 Å². The Kier molecular flexibility index (Phi) is 6.94. The number of tetrazole rings is 1. The largest absolute Gasteiger partial charge is 0.488 e. The summed E-state index contributed by atoms with van der Waals surface area (Å²) < 4.78 is 7.83. The minimum Gasteiger partial charge on any atom is -0.488 e. The molecule has 0 radical (unpaired) electrons. The van der Waals surface area contributed by atoms with Crippen LogP contribution in [0.25, 0.3) is 0 Å². The number of hydrogen-bond acceptors (Lipinski definition) is 6. The van der Waals surface area contributed by atoms with Gasteiger partial charge in [0, 0.05) is 13.0 Å². The van der Waals surface area contributed by atoms with Crippen molar-refractivity contribution >= 4 is 5.91 Å². The van der Waals surface area contributed by atoms with Gasteiger partial charge >= 0.3 is 0 Å². The number of nitrogens with zero attached hydrogens (tertiary/aromatic N) is 5. The maximum atomic E-state index is 12.3. The summed E-state index contributed by atoms with van der Waals surface area (Å²) >= 11 is 0. The van der Waals surface area contributed by atoms with E-state index in [2.05, 4.69) is 38.7 Å². The average molecular weight is 413 g/mol. The highest BCUT2D eigenvalue weighted by Gasteiger charge is 2.20. The molecule has 162 valence electrons. The molecule has 0 saturated carbocycles. The Morgan fingerprint density at radius 2 is 2.07 bits per heavy atom. The first-order chi connectivity index (χ1) is 14.7. The van der Waals surface area contributed by atoms with Crippen LogP contribution in [0.15, 0.2) is 24.3 Å². The first-order valence-corrected chi connectivity index (χ1v) is 11.2. The third-order valence-electron chi connectivity index (χ3n) is 6.15. The Bertz CT molecular complexity index is 831. The predicted octanol–water partition coefficient (Wildman–Crippen LogP) is 2.20. The third-order valence-corrected chi connectivity index (χ3v) is 6.15. The Hall–Kier alpha value is -2.48. The van der Waals surface area contributed by atoms with E-state index < -0.39 is 0 Å². The number of fused-ring (bicyclic) bond motifs is 1. The molecule has 2 aromatic rings. The van der Waals surface area contributed by atoms with E-state index in [1.165, 1.54) is 18.4 Å². The van der Waals surface area contributed by atoms with Crippen LogP contribution in [0.3, 0.4) is 0 Å². The number of aryl methyl sites for hydroxylation is 2. The molecule has 2 aliphatic rings. The number of carbonyl (C=O) groups excluding carboxylic acids is 1. The first kappa shape index (κ1) is 20.8. The molecule has 1 saturated heterocycles. The summed E-state index contributed by atoms with van der Waals surface area (Å²) in [5, 5.41) is 15.1. The molecule has 0 spiro atoms. The second kappa shape index (κ2) is 10.0. The summed E-state index contributed by atoms with van der Waals surface area (Å²) in [7, 11) is 0. The monoisotopic (exact) mass is 412 g/mol. The fourth-order valence-electron chi connectivity index (χ4n) is 4.16. The number of para-hydroxylation sites is 1. The Morgan fingerprint density at radius 3 is 2.93 bits per heavy atom. The van der Waals surface area contributed by atoms with Crippen LogP contribution in [-0.2, 0) is 24.3 Å². The van der Waals surface area contributed by atoms with Crippen LogP contribution < -0.4 is 10.1 Å². The molecule has 0 aliphatic carbocycles. The lowest BCUT2D eigenvalue weighted by Gasteiger charge is -2.29. The lowest BCUT2D eigenvalue weighted by Crippen LogP contribution is -2.37. The second-order valence-electron chi connectivity index (χ2n) is 8.57. The summed E-state index contributed by atoms with van der Waals surface area (Å²) in [6.07, 6.45) is 5.62. The van der Waals surface area contributed by atoms with Crippen LogP contribution in [0, 0.1) is 5.92 Å². The van der Waals surface area contributed by atoms with Gasteiger partial charge in [-0.1, -0.05) is 25.1 Å². The summed E-state index contributed by atoms with van der Waals surface area (Å²) in [6, 6.07) is 8.12. The van der Waals surface area contributed by atoms with E-state index in [-0.39, 0.29) is 12.0 Å². The molecule has 1 N–H and O–H groups in total. The highest BCUT2D eigenvalue weighted by atomic mass is 16.5. The number of aromatic nitrogens is 4. The van der Waals surface area contributed by atoms with E-state index in [0.717, 1.165) is 56.4 Å². The van der Waals surface area contributed by atoms with Crippen molar-refractivity contribution in [1.82, 2.24) is 30.4 Å². The molecule has 3 heterocycles. The molecule has 1 aromatic carbocycles. The molecule has 30 heavy (non-hydrogen) atoms. The van der Waals surface area contributed by atoms with Crippen LogP contribution in [-0.4, -0.2) is 56.8 Å². The first-order valence-electron chi connectivity index (χ1n) is 11.2. The van der Waals surface area contributed by atoms with Gasteiger partial charge in [0.05, 0.1) is 13.1 Å². The van der Waals surface area contributed by atoms with Crippen molar-refractivity contribution in [3.8, 4) is 5.75 Å². The SMILES string of the molecule is CC1CCN(Cc2nnnn2CCCC(=O)NC[C@H]2CCc3ccccc3O2)CC1. The smallest absolute Gasteiger partial charge is 0.220 e. The van der Waals surface area contributed by atoms with E-state index in [4.69, 9.17) is 4.74 Å². The number of rotatable bonds is 8. The molecule has 0 bridgehead atoms. The molecular weight excluding hydrogens is 380 g/mol. The lowest BCUT2D eigenvalue weighted by atomic mass is 9.99. The third kappa shape index (κ3) is 5.56. The average Bonchev–Trinajstić information content (AvgIpc) is 3.20. The van der Waals surface area contributed by atoms with E-state index in [9.17, 15) is 4.79 Å². The van der Waals surface area contributed by atoms with Gasteiger partial charge in [-0.3, -0.25) is 9.69 Å². The molecule has 1 amide bonds. The van der Waals surface area contributed by atoms with Crippen molar-refractivity contribution in [3.63, 3.8) is 0 Å². The quantitative estimate of drug-likeness (QED) is 0.715. The zero-order valence-corrected chi connectivity index (χ0v) is 17.8. The van der Waals surface area contributed by atoms with Gasteiger partial charge in [0.2, 0.25) is 5.91 Å². The molecule has 1 atom stereocenters. The fraction of sp³-hybridized carbons (Fsp3) is 0.636. The molecule has 4 rings (SSSR count). The van der Waals surface area contributed by atoms with Crippen LogP contribution in [0.5, 0.6) is 5.75 Å². The normalized spacial score (nSPS) is 19.8. The Morgan fingerprint density at radius 1 is 1.23 bits per heavy atom. The van der Waals surface area contributed by atoms with Gasteiger partial charge in [-0.15, -0.1) is 5.10 Å². The van der Waals surface area contributed by atoms with Crippen LogP contribution in [0.2, 0.25) is 0 Å². The van der Waals surface area contributed by atoms with Gasteiger partial charge in [0.15, 0.2) is 5.82 Å². The van der Waals surface area contributed by atoms with Gasteiger partial charge in [-0.2, -0.15) is 0 Å². The number of carbonyl (C=O) groups is 1. The molecule has 1 aromatic heterocycles. The van der Waals surface area contributed by atoms with Crippen molar-refractivity contribution in [2.75, 3.05) is 19.6 Å². The topological polar surface area (TPSA) is 85.2 Å². The van der Waals surface area contributed by atoms with Gasteiger partial charge in [0.25, 0.3) is 0 Å². The molecule has 2 aliphatic heterocycles. The van der Waals surface area contributed by atoms with Gasteiger partial charge in [-0.25, -0.2) is 4.68 Å². The van der Waals surface area contributed by atoms with Crippen LogP contribution in [0.4, 0.5) is 0 Å². The lowest BCUT2D eigenvalue weighted by molar-refractivity contribution is -0.121. The minimum atomic E-state index is 0.0437. The number of hydrogen-bond donors (Lipinski definition) is 1. The zero-order chi connectivity index (χ0) is 20.8. The van der Waals surface area contributed by atoms with Crippen LogP contribution in [0.1, 0.15) is 50.4 Å². The van der Waals surface area contributed by atoms with Gasteiger partial charge < -0.3 is 10.1 Å². The summed E-state index contributed by atoms with van der Waals surface area (Å²) in [6.45, 7) is 6.51. The summed E-state index contributed by atoms with van der Waals surface area (Å²) in [4.78, 5) is 14.7. The van der Waals surface area contributed by atoms with E-state index >= 15 is 0 Å². The number of amides is 1. The molecule has 8 heteroatoms. The van der Waals surface area contributed by atoms with Gasteiger partial charge in [0.1, 0.15) is 11.9 Å². The number of likely N-dealkylation sites (tertiary alicyclic amines) is 1. The summed E-state index contributed by atoms with van der Waals surface area (Å²) in [5.41, 5.74) is 1.25. The molecule has 0 unspecified atom stereocenters. The maximum absolute atomic E-state index is 12.3. The zero-order valence-electron chi connectivity index (χ0n) is 17.8. The second-order valence-corrected chi connectivity index (χ2v) is 8.57. The number of piperidine rings is 1. The summed E-state index contributed by atoms with van der Waals surface area (Å²) in [5.74, 6) is 2.69. The van der Waals surface area contributed by atoms with Crippen molar-refractivity contribution in [1.29, 1.82) is 0 Å². The number of ether oxygens (including phenoxy) is 1. The van der Waals surface area contributed by atoms with Crippen molar-refractivity contribution in [2.45, 2.75) is 64.6 Å². The van der Waals surface area contributed by atoms with Gasteiger partial charge in [-0.05, 0) is 73.2 Å². The van der Waals surface area contributed by atoms with Crippen molar-refractivity contribution in [3.05, 3.63) is 35.7 Å². The molecular formula is C22H32N6O2. The predicted molar refractivity (Wildman–Crippen MR) is 113 cm³/mol. The standard InChI is InChI=1S/C22H32N6O2/c1-17-10-13-27(14-11-17)16-21-24-25-26-28(21)12-4-7-22(29)23-15-19-9-8-18-5-2-3-6-20(18)30-19/h2-3,5-6,17,19H,4,7-16H2,1H3,(H,23,29)/t19-/m1/s1. The van der Waals surface area contributed by atoms with Crippen molar-refractivity contribution in [2.24, 2.45) is 5.92 Å². The van der Waals surface area contributed by atoms with E-state index in [0.29, 0.717) is 19.5 Å². The number of nitrogens with one attached hydrogen (secondary N) is 1.